The van der Waals surface area contributed by atoms with E-state index in [0.29, 0.717) is 17.6 Å². The van der Waals surface area contributed by atoms with Gasteiger partial charge in [0.1, 0.15) is 0 Å². The first kappa shape index (κ1) is 12.8. The van der Waals surface area contributed by atoms with E-state index in [4.69, 9.17) is 18.0 Å². The van der Waals surface area contributed by atoms with Crippen LogP contribution in [0.1, 0.15) is 46.0 Å². The van der Waals surface area contributed by atoms with Crippen LogP contribution < -0.4 is 5.73 Å². The van der Waals surface area contributed by atoms with Gasteiger partial charge in [-0.1, -0.05) is 38.9 Å². The quantitative estimate of drug-likeness (QED) is 0.781. The summed E-state index contributed by atoms with van der Waals surface area (Å²) in [6.45, 7) is 4.78. The van der Waals surface area contributed by atoms with Crippen LogP contribution in [0.5, 0.6) is 0 Å². The normalized spacial score (nSPS) is 26.8. The van der Waals surface area contributed by atoms with E-state index in [1.54, 1.807) is 0 Å². The zero-order valence-electron chi connectivity index (χ0n) is 10.7. The summed E-state index contributed by atoms with van der Waals surface area (Å²) >= 11 is 4.97. The first-order valence-corrected chi connectivity index (χ1v) is 6.91. The molecule has 96 valence electrons. The Kier molecular flexibility index (Phi) is 3.43. The van der Waals surface area contributed by atoms with Crippen molar-refractivity contribution in [2.45, 2.75) is 52.0 Å². The van der Waals surface area contributed by atoms with Crippen molar-refractivity contribution >= 4 is 23.1 Å². The number of carbonyl (C=O) groups is 1. The third-order valence-corrected chi connectivity index (χ3v) is 4.32. The molecule has 2 rings (SSSR count). The molecule has 2 fully saturated rings. The van der Waals surface area contributed by atoms with Gasteiger partial charge in [-0.15, -0.1) is 0 Å². The number of hydrogen-bond donors (Lipinski definition) is 1. The fourth-order valence-electron chi connectivity index (χ4n) is 2.86. The second-order valence-electron chi connectivity index (χ2n) is 6.12. The molecule has 2 aliphatic rings. The van der Waals surface area contributed by atoms with Gasteiger partial charge in [-0.25, -0.2) is 0 Å². The van der Waals surface area contributed by atoms with Crippen molar-refractivity contribution in [3.63, 3.8) is 0 Å². The molecule has 0 bridgehead atoms. The van der Waals surface area contributed by atoms with E-state index in [9.17, 15) is 4.79 Å². The predicted octanol–water partition coefficient (Wildman–Crippen LogP) is 2.09. The topological polar surface area (TPSA) is 46.3 Å². The molecule has 0 saturated heterocycles. The van der Waals surface area contributed by atoms with Gasteiger partial charge in [0.2, 0.25) is 5.91 Å². The van der Waals surface area contributed by atoms with E-state index in [2.05, 4.69) is 13.8 Å². The number of carbonyl (C=O) groups excluding carboxylic acids is 1. The van der Waals surface area contributed by atoms with Crippen molar-refractivity contribution in [3.8, 4) is 0 Å². The molecule has 0 aromatic rings. The fraction of sp³-hybridized carbons (Fsp3) is 0.846. The van der Waals surface area contributed by atoms with Crippen LogP contribution in [0.2, 0.25) is 0 Å². The Hall–Kier alpha value is -0.640. The van der Waals surface area contributed by atoms with Crippen LogP contribution in [-0.4, -0.2) is 28.4 Å². The lowest BCUT2D eigenvalue weighted by Crippen LogP contribution is -2.44. The molecule has 17 heavy (non-hydrogen) atoms. The molecule has 0 heterocycles. The SMILES string of the molecule is CC1(C)CC1C(=O)N(CC(N)=S)C1CCCC1. The molecule has 0 spiro atoms. The summed E-state index contributed by atoms with van der Waals surface area (Å²) in [7, 11) is 0. The highest BCUT2D eigenvalue weighted by Crippen LogP contribution is 2.52. The van der Waals surface area contributed by atoms with Crippen LogP contribution in [0.25, 0.3) is 0 Å². The Labute approximate surface area is 109 Å². The lowest BCUT2D eigenvalue weighted by atomic mass is 10.1. The van der Waals surface area contributed by atoms with E-state index in [1.807, 2.05) is 4.90 Å². The molecule has 0 aliphatic heterocycles. The van der Waals surface area contributed by atoms with Gasteiger partial charge in [-0.3, -0.25) is 4.79 Å². The van der Waals surface area contributed by atoms with Crippen molar-refractivity contribution in [3.05, 3.63) is 0 Å². The lowest BCUT2D eigenvalue weighted by molar-refractivity contribution is -0.134. The summed E-state index contributed by atoms with van der Waals surface area (Å²) in [6, 6.07) is 0.375. The van der Waals surface area contributed by atoms with Gasteiger partial charge in [-0.05, 0) is 24.7 Å². The van der Waals surface area contributed by atoms with Gasteiger partial charge >= 0.3 is 0 Å². The van der Waals surface area contributed by atoms with Crippen LogP contribution in [0.15, 0.2) is 0 Å². The third kappa shape index (κ3) is 2.79. The van der Waals surface area contributed by atoms with Crippen LogP contribution in [0.3, 0.4) is 0 Å². The smallest absolute Gasteiger partial charge is 0.226 e. The van der Waals surface area contributed by atoms with Crippen molar-refractivity contribution in [2.75, 3.05) is 6.54 Å². The van der Waals surface area contributed by atoms with E-state index in [-0.39, 0.29) is 17.2 Å². The first-order chi connectivity index (χ1) is 7.92. The van der Waals surface area contributed by atoms with E-state index >= 15 is 0 Å². The number of rotatable bonds is 4. The molecule has 2 aliphatic carbocycles. The number of nitrogens with two attached hydrogens (primary N) is 1. The van der Waals surface area contributed by atoms with Gasteiger partial charge < -0.3 is 10.6 Å². The molecule has 0 radical (unpaired) electrons. The second kappa shape index (κ2) is 4.56. The van der Waals surface area contributed by atoms with Crippen molar-refractivity contribution in [1.29, 1.82) is 0 Å². The Bertz CT molecular complexity index is 334. The summed E-state index contributed by atoms with van der Waals surface area (Å²) < 4.78 is 0. The standard InChI is InChI=1S/C13H22N2OS/c1-13(2)7-10(13)12(16)15(8-11(14)17)9-5-3-4-6-9/h9-10H,3-8H2,1-2H3,(H2,14,17). The fourth-order valence-corrected chi connectivity index (χ4v) is 3.00. The monoisotopic (exact) mass is 254 g/mol. The molecule has 1 atom stereocenters. The maximum Gasteiger partial charge on any atom is 0.226 e. The lowest BCUT2D eigenvalue weighted by Gasteiger charge is -2.29. The Morgan fingerprint density at radius 2 is 1.94 bits per heavy atom. The average Bonchev–Trinajstić information content (AvgIpc) is 2.68. The van der Waals surface area contributed by atoms with Gasteiger partial charge in [0.25, 0.3) is 0 Å². The Morgan fingerprint density at radius 1 is 1.41 bits per heavy atom. The van der Waals surface area contributed by atoms with Gasteiger partial charge in [0.05, 0.1) is 11.5 Å². The maximum absolute atomic E-state index is 12.5. The van der Waals surface area contributed by atoms with E-state index < -0.39 is 0 Å². The third-order valence-electron chi connectivity index (χ3n) is 4.19. The van der Waals surface area contributed by atoms with Gasteiger partial charge in [-0.2, -0.15) is 0 Å². The molecule has 0 aromatic heterocycles. The summed E-state index contributed by atoms with van der Waals surface area (Å²) in [5, 5.41) is 0. The second-order valence-corrected chi connectivity index (χ2v) is 6.64. The van der Waals surface area contributed by atoms with Gasteiger partial charge in [0.15, 0.2) is 0 Å². The predicted molar refractivity (Wildman–Crippen MR) is 72.6 cm³/mol. The molecular weight excluding hydrogens is 232 g/mol. The van der Waals surface area contributed by atoms with Crippen LogP contribution in [0, 0.1) is 11.3 Å². The van der Waals surface area contributed by atoms with Crippen LogP contribution >= 0.6 is 12.2 Å². The molecule has 2 N–H and O–H groups in total. The molecule has 1 amide bonds. The van der Waals surface area contributed by atoms with E-state index in [1.165, 1.54) is 12.8 Å². The van der Waals surface area contributed by atoms with Crippen LogP contribution in [-0.2, 0) is 4.79 Å². The molecule has 3 nitrogen and oxygen atoms in total. The molecule has 4 heteroatoms. The minimum Gasteiger partial charge on any atom is -0.392 e. The summed E-state index contributed by atoms with van der Waals surface area (Å²) in [5.74, 6) is 0.465. The Morgan fingerprint density at radius 3 is 2.35 bits per heavy atom. The van der Waals surface area contributed by atoms with Crippen molar-refractivity contribution in [1.82, 2.24) is 4.90 Å². The van der Waals surface area contributed by atoms with Gasteiger partial charge in [0, 0.05) is 12.0 Å². The molecule has 1 unspecified atom stereocenters. The summed E-state index contributed by atoms with van der Waals surface area (Å²) in [6.07, 6.45) is 5.68. The maximum atomic E-state index is 12.5. The molecule has 2 saturated carbocycles. The summed E-state index contributed by atoms with van der Waals surface area (Å²) in [4.78, 5) is 14.8. The number of thiocarbonyl (C=S) groups is 1. The first-order valence-electron chi connectivity index (χ1n) is 6.50. The highest BCUT2D eigenvalue weighted by atomic mass is 32.1. The highest BCUT2D eigenvalue weighted by Gasteiger charge is 2.52. The minimum atomic E-state index is 0.185. The van der Waals surface area contributed by atoms with Crippen molar-refractivity contribution < 1.29 is 4.79 Å². The minimum absolute atomic E-state index is 0.185. The number of amides is 1. The van der Waals surface area contributed by atoms with Crippen molar-refractivity contribution in [2.24, 2.45) is 17.1 Å². The average molecular weight is 254 g/mol. The van der Waals surface area contributed by atoms with E-state index in [0.717, 1.165) is 19.3 Å². The zero-order chi connectivity index (χ0) is 12.6. The Balaban J connectivity index is 2.04. The number of nitrogens with zero attached hydrogens (tertiary/aromatic N) is 1. The largest absolute Gasteiger partial charge is 0.392 e. The highest BCUT2D eigenvalue weighted by molar-refractivity contribution is 7.80. The molecular formula is C13H22N2OS. The zero-order valence-corrected chi connectivity index (χ0v) is 11.6. The summed E-state index contributed by atoms with van der Waals surface area (Å²) in [5.41, 5.74) is 5.81. The van der Waals surface area contributed by atoms with Crippen LogP contribution in [0.4, 0.5) is 0 Å². The molecule has 0 aromatic carbocycles. The number of hydrogen-bond acceptors (Lipinski definition) is 2.